The van der Waals surface area contributed by atoms with Gasteiger partial charge in [0.1, 0.15) is 0 Å². The molecule has 0 saturated carbocycles. The predicted molar refractivity (Wildman–Crippen MR) is 81.8 cm³/mol. The van der Waals surface area contributed by atoms with Crippen LogP contribution in [0, 0.1) is 0 Å². The number of hydrogen-bond donors (Lipinski definition) is 4. The fraction of sp³-hybridized carbons (Fsp3) is 0. The number of rotatable bonds is 0. The van der Waals surface area contributed by atoms with Gasteiger partial charge in [0, 0.05) is 20.6 Å². The number of halogens is 2. The van der Waals surface area contributed by atoms with Gasteiger partial charge in [-0.25, -0.2) is 0 Å². The fourth-order valence-corrected chi connectivity index (χ4v) is 1.82. The number of anilines is 2. The van der Waals surface area contributed by atoms with Crippen LogP contribution in [0.2, 0.25) is 0 Å². The van der Waals surface area contributed by atoms with Crippen molar-refractivity contribution >= 4 is 72.2 Å². The summed E-state index contributed by atoms with van der Waals surface area (Å²) in [6.45, 7) is 0. The highest BCUT2D eigenvalue weighted by atomic mass is 35.5. The normalized spacial score (nSPS) is 9.38. The van der Waals surface area contributed by atoms with E-state index < -0.39 is 0 Å². The maximum atomic E-state index is 5.88. The van der Waals surface area contributed by atoms with Crippen LogP contribution in [0.3, 0.4) is 0 Å². The van der Waals surface area contributed by atoms with Crippen molar-refractivity contribution in [2.75, 3.05) is 11.5 Å². The Kier molecular flexibility index (Phi) is 5.62. The van der Waals surface area contributed by atoms with Gasteiger partial charge in [0.25, 0.3) is 0 Å². The van der Waals surface area contributed by atoms with Crippen molar-refractivity contribution < 1.29 is 0 Å². The Morgan fingerprint density at radius 3 is 1.31 bits per heavy atom. The maximum absolute atomic E-state index is 5.88. The number of nitrogen functional groups attached to an aromatic ring is 2. The van der Waals surface area contributed by atoms with Gasteiger partial charge in [-0.2, -0.15) is 0 Å². The summed E-state index contributed by atoms with van der Waals surface area (Å²) < 4.78 is 0. The molecule has 0 aliphatic carbocycles. The van der Waals surface area contributed by atoms with Crippen LogP contribution in [-0.2, 0) is 0 Å². The molecule has 0 radical (unpaired) electrons. The molecule has 0 aliphatic rings. The first kappa shape index (κ1) is 15.6. The van der Waals surface area contributed by atoms with Crippen molar-refractivity contribution in [2.45, 2.75) is 9.79 Å². The topological polar surface area (TPSA) is 52.0 Å². The molecule has 0 amide bonds. The fourth-order valence-electron chi connectivity index (χ4n) is 1.43. The van der Waals surface area contributed by atoms with E-state index in [1.54, 1.807) is 0 Å². The lowest BCUT2D eigenvalue weighted by molar-refractivity contribution is 1.47. The second kappa shape index (κ2) is 5.77. The van der Waals surface area contributed by atoms with Gasteiger partial charge in [0.2, 0.25) is 0 Å². The SMILES string of the molecule is Cl.Cl.Nc1c(S)ccc2c(N)c(S)ccc12. The summed E-state index contributed by atoms with van der Waals surface area (Å²) in [7, 11) is 0. The van der Waals surface area contributed by atoms with Crippen molar-refractivity contribution in [1.29, 1.82) is 0 Å². The highest BCUT2D eigenvalue weighted by molar-refractivity contribution is 7.80. The van der Waals surface area contributed by atoms with E-state index >= 15 is 0 Å². The second-order valence-electron chi connectivity index (χ2n) is 3.09. The van der Waals surface area contributed by atoms with Crippen LogP contribution in [0.5, 0.6) is 0 Å². The molecule has 88 valence electrons. The van der Waals surface area contributed by atoms with Crippen LogP contribution in [-0.4, -0.2) is 0 Å². The Balaban J connectivity index is 0.00000112. The molecule has 0 fully saturated rings. The standard InChI is InChI=1S/C10H10N2S2.2ClH/c11-9-5-1-3-7(13)10(12)6(5)2-4-8(9)14;;/h1-4,13-14H,11-12H2;2*1H. The molecule has 6 heteroatoms. The Labute approximate surface area is 117 Å². The third-order valence-electron chi connectivity index (χ3n) is 2.24. The lowest BCUT2D eigenvalue weighted by Gasteiger charge is -2.08. The molecule has 0 saturated heterocycles. The molecular weight excluding hydrogens is 283 g/mol. The van der Waals surface area contributed by atoms with Gasteiger partial charge in [0.15, 0.2) is 0 Å². The van der Waals surface area contributed by atoms with Crippen molar-refractivity contribution in [3.05, 3.63) is 24.3 Å². The van der Waals surface area contributed by atoms with Gasteiger partial charge >= 0.3 is 0 Å². The van der Waals surface area contributed by atoms with Crippen LogP contribution in [0.25, 0.3) is 10.8 Å². The van der Waals surface area contributed by atoms with E-state index in [9.17, 15) is 0 Å². The quantitative estimate of drug-likeness (QED) is 0.444. The summed E-state index contributed by atoms with van der Waals surface area (Å²) in [4.78, 5) is 1.53. The van der Waals surface area contributed by atoms with Gasteiger partial charge in [-0.05, 0) is 12.1 Å². The summed E-state index contributed by atoms with van der Waals surface area (Å²) in [6, 6.07) is 7.49. The molecule has 0 bridgehead atoms. The summed E-state index contributed by atoms with van der Waals surface area (Å²) in [5, 5.41) is 1.85. The van der Waals surface area contributed by atoms with Crippen LogP contribution in [0.4, 0.5) is 11.4 Å². The van der Waals surface area contributed by atoms with Crippen molar-refractivity contribution in [3.63, 3.8) is 0 Å². The number of benzene rings is 2. The maximum Gasteiger partial charge on any atom is 0.0530 e. The van der Waals surface area contributed by atoms with Crippen LogP contribution < -0.4 is 11.5 Å². The monoisotopic (exact) mass is 294 g/mol. The first-order valence-corrected chi connectivity index (χ1v) is 4.99. The zero-order valence-corrected chi connectivity index (χ0v) is 11.6. The van der Waals surface area contributed by atoms with E-state index in [1.165, 1.54) is 0 Å². The summed E-state index contributed by atoms with van der Waals surface area (Å²) in [5.74, 6) is 0. The molecule has 0 aliphatic heterocycles. The first-order chi connectivity index (χ1) is 6.61. The smallest absolute Gasteiger partial charge is 0.0530 e. The highest BCUT2D eigenvalue weighted by Crippen LogP contribution is 2.33. The molecule has 0 aromatic heterocycles. The third kappa shape index (κ3) is 2.46. The molecule has 2 aromatic carbocycles. The van der Waals surface area contributed by atoms with E-state index in [-0.39, 0.29) is 24.8 Å². The molecule has 4 N–H and O–H groups in total. The first-order valence-electron chi connectivity index (χ1n) is 4.10. The summed E-state index contributed by atoms with van der Waals surface area (Å²) >= 11 is 8.50. The van der Waals surface area contributed by atoms with Crippen LogP contribution in [0.15, 0.2) is 34.1 Å². The minimum absolute atomic E-state index is 0. The molecule has 0 heterocycles. The number of fused-ring (bicyclic) bond motifs is 1. The molecule has 16 heavy (non-hydrogen) atoms. The van der Waals surface area contributed by atoms with E-state index in [2.05, 4.69) is 25.3 Å². The third-order valence-corrected chi connectivity index (χ3v) is 3.02. The lowest BCUT2D eigenvalue weighted by Crippen LogP contribution is -1.93. The Bertz CT molecular complexity index is 470. The average molecular weight is 295 g/mol. The van der Waals surface area contributed by atoms with E-state index in [0.717, 1.165) is 20.6 Å². The summed E-state index contributed by atoms with van der Waals surface area (Å²) in [5.41, 5.74) is 13.1. The molecule has 2 rings (SSSR count). The van der Waals surface area contributed by atoms with Gasteiger partial charge in [-0.3, -0.25) is 0 Å². The summed E-state index contributed by atoms with van der Waals surface area (Å²) in [6.07, 6.45) is 0. The van der Waals surface area contributed by atoms with E-state index in [4.69, 9.17) is 11.5 Å². The van der Waals surface area contributed by atoms with Gasteiger partial charge in [0.05, 0.1) is 11.4 Å². The van der Waals surface area contributed by atoms with Gasteiger partial charge in [-0.15, -0.1) is 50.1 Å². The van der Waals surface area contributed by atoms with E-state index in [0.29, 0.717) is 11.4 Å². The molecule has 0 atom stereocenters. The molecule has 2 aromatic rings. The number of hydrogen-bond acceptors (Lipinski definition) is 4. The van der Waals surface area contributed by atoms with Crippen molar-refractivity contribution in [3.8, 4) is 0 Å². The minimum Gasteiger partial charge on any atom is -0.397 e. The Hall–Kier alpha value is -0.420. The van der Waals surface area contributed by atoms with Crippen LogP contribution in [0.1, 0.15) is 0 Å². The average Bonchev–Trinajstić information content (AvgIpc) is 2.17. The Morgan fingerprint density at radius 1 is 0.688 bits per heavy atom. The Morgan fingerprint density at radius 2 is 1.00 bits per heavy atom. The number of thiol groups is 2. The molecule has 2 nitrogen and oxygen atoms in total. The highest BCUT2D eigenvalue weighted by Gasteiger charge is 2.05. The largest absolute Gasteiger partial charge is 0.397 e. The van der Waals surface area contributed by atoms with Gasteiger partial charge in [-0.1, -0.05) is 12.1 Å². The van der Waals surface area contributed by atoms with Gasteiger partial charge < -0.3 is 11.5 Å². The van der Waals surface area contributed by atoms with Crippen LogP contribution >= 0.6 is 50.1 Å². The lowest BCUT2D eigenvalue weighted by atomic mass is 10.1. The molecule has 0 spiro atoms. The van der Waals surface area contributed by atoms with E-state index in [1.807, 2.05) is 24.3 Å². The molecule has 0 unspecified atom stereocenters. The predicted octanol–water partition coefficient (Wildman–Crippen LogP) is 3.43. The zero-order valence-electron chi connectivity index (χ0n) is 8.18. The second-order valence-corrected chi connectivity index (χ2v) is 4.06. The van der Waals surface area contributed by atoms with Crippen molar-refractivity contribution in [2.24, 2.45) is 0 Å². The van der Waals surface area contributed by atoms with Crippen molar-refractivity contribution in [1.82, 2.24) is 0 Å². The number of nitrogens with two attached hydrogens (primary N) is 2. The minimum atomic E-state index is 0. The molecular formula is C10H12Cl2N2S2. The zero-order chi connectivity index (χ0) is 10.3.